The Morgan fingerprint density at radius 1 is 1.09 bits per heavy atom. The van der Waals surface area contributed by atoms with Crippen LogP contribution in [0.2, 0.25) is 5.02 Å². The Balaban J connectivity index is 2.38. The van der Waals surface area contributed by atoms with E-state index in [4.69, 9.17) is 16.3 Å². The molecule has 35 heavy (non-hydrogen) atoms. The van der Waals surface area contributed by atoms with Gasteiger partial charge in [-0.05, 0) is 55.2 Å². The molecule has 0 aliphatic rings. The maximum atomic E-state index is 13.5. The average molecular weight is 524 g/mol. The van der Waals surface area contributed by atoms with Gasteiger partial charge in [0.2, 0.25) is 21.8 Å². The van der Waals surface area contributed by atoms with Crippen molar-refractivity contribution < 1.29 is 22.7 Å². The zero-order chi connectivity index (χ0) is 26.3. The van der Waals surface area contributed by atoms with Gasteiger partial charge in [0.15, 0.2) is 0 Å². The number of amides is 2. The van der Waals surface area contributed by atoms with Gasteiger partial charge in [-0.25, -0.2) is 8.42 Å². The molecular formula is C25H34ClN3O5S. The van der Waals surface area contributed by atoms with Gasteiger partial charge in [0.05, 0.1) is 19.1 Å². The van der Waals surface area contributed by atoms with Gasteiger partial charge < -0.3 is 15.0 Å². The van der Waals surface area contributed by atoms with E-state index >= 15 is 0 Å². The van der Waals surface area contributed by atoms with Crippen molar-refractivity contribution in [1.82, 2.24) is 10.2 Å². The third-order valence-electron chi connectivity index (χ3n) is 5.49. The summed E-state index contributed by atoms with van der Waals surface area (Å²) in [6.45, 7) is 7.48. The molecule has 192 valence electrons. The largest absolute Gasteiger partial charge is 0.497 e. The summed E-state index contributed by atoms with van der Waals surface area (Å²) >= 11 is 6.21. The molecule has 1 atom stereocenters. The van der Waals surface area contributed by atoms with Gasteiger partial charge in [0.1, 0.15) is 18.3 Å². The van der Waals surface area contributed by atoms with Crippen LogP contribution in [0.25, 0.3) is 0 Å². The molecule has 8 nitrogen and oxygen atoms in total. The number of carbonyl (C=O) groups excluding carboxylic acids is 2. The Kier molecular flexibility index (Phi) is 9.97. The van der Waals surface area contributed by atoms with E-state index in [2.05, 4.69) is 5.32 Å². The fourth-order valence-corrected chi connectivity index (χ4v) is 4.33. The zero-order valence-corrected chi connectivity index (χ0v) is 22.6. The van der Waals surface area contributed by atoms with Gasteiger partial charge in [-0.3, -0.25) is 13.9 Å². The van der Waals surface area contributed by atoms with Crippen LogP contribution in [0.5, 0.6) is 5.75 Å². The number of rotatable bonds is 11. The first kappa shape index (κ1) is 28.5. The van der Waals surface area contributed by atoms with Gasteiger partial charge in [0.25, 0.3) is 0 Å². The first-order valence-corrected chi connectivity index (χ1v) is 13.5. The minimum atomic E-state index is -3.82. The van der Waals surface area contributed by atoms with Crippen molar-refractivity contribution >= 4 is 39.1 Å². The fraction of sp³-hybridized carbons (Fsp3) is 0.440. The Morgan fingerprint density at radius 3 is 2.23 bits per heavy atom. The molecule has 0 aliphatic carbocycles. The number of aryl methyl sites for hydroxylation is 1. The zero-order valence-electron chi connectivity index (χ0n) is 21.0. The summed E-state index contributed by atoms with van der Waals surface area (Å²) in [5, 5.41) is 3.24. The summed E-state index contributed by atoms with van der Waals surface area (Å²) in [4.78, 5) is 27.7. The standard InChI is InChI=1S/C25H34ClN3O5S/c1-17(2)14-27-25(31)19(4)28(15-20-8-11-22(34-5)12-9-20)24(30)16-29(35(6,32)33)21-10-7-18(3)23(26)13-21/h7-13,17,19H,14-16H2,1-6H3,(H,27,31)/t19-/m0/s1. The van der Waals surface area contributed by atoms with Crippen LogP contribution in [0.3, 0.4) is 0 Å². The monoisotopic (exact) mass is 523 g/mol. The van der Waals surface area contributed by atoms with Crippen molar-refractivity contribution in [1.29, 1.82) is 0 Å². The summed E-state index contributed by atoms with van der Waals surface area (Å²) in [6, 6.07) is 11.1. The Labute approximate surface area is 213 Å². The van der Waals surface area contributed by atoms with Crippen molar-refractivity contribution in [3.05, 3.63) is 58.6 Å². The Bertz CT molecular complexity index is 1140. The number of hydrogen-bond donors (Lipinski definition) is 1. The molecule has 0 saturated heterocycles. The molecule has 1 N–H and O–H groups in total. The van der Waals surface area contributed by atoms with Crippen LogP contribution in [0.15, 0.2) is 42.5 Å². The molecule has 0 bridgehead atoms. The SMILES string of the molecule is COc1ccc(CN(C(=O)CN(c2ccc(C)c(Cl)c2)S(C)(=O)=O)[C@@H](C)C(=O)NCC(C)C)cc1. The van der Waals surface area contributed by atoms with Gasteiger partial charge in [-0.15, -0.1) is 0 Å². The van der Waals surface area contributed by atoms with Crippen molar-refractivity contribution in [2.75, 3.05) is 30.8 Å². The minimum Gasteiger partial charge on any atom is -0.497 e. The number of sulfonamides is 1. The third kappa shape index (κ3) is 8.14. The smallest absolute Gasteiger partial charge is 0.244 e. The summed E-state index contributed by atoms with van der Waals surface area (Å²) in [6.07, 6.45) is 1.03. The van der Waals surface area contributed by atoms with Crippen molar-refractivity contribution in [2.24, 2.45) is 5.92 Å². The van der Waals surface area contributed by atoms with Crippen molar-refractivity contribution in [3.8, 4) is 5.75 Å². The van der Waals surface area contributed by atoms with E-state index in [1.54, 1.807) is 57.4 Å². The first-order valence-electron chi connectivity index (χ1n) is 11.3. The molecule has 2 aromatic carbocycles. The number of methoxy groups -OCH3 is 1. The number of benzene rings is 2. The molecule has 0 unspecified atom stereocenters. The Morgan fingerprint density at radius 2 is 1.71 bits per heavy atom. The highest BCUT2D eigenvalue weighted by Crippen LogP contribution is 2.25. The molecule has 0 aromatic heterocycles. The van der Waals surface area contributed by atoms with Crippen LogP contribution < -0.4 is 14.4 Å². The molecule has 2 amide bonds. The highest BCUT2D eigenvalue weighted by molar-refractivity contribution is 7.92. The number of halogens is 1. The fourth-order valence-electron chi connectivity index (χ4n) is 3.31. The maximum Gasteiger partial charge on any atom is 0.244 e. The lowest BCUT2D eigenvalue weighted by Gasteiger charge is -2.31. The van der Waals surface area contributed by atoms with E-state index in [1.165, 1.54) is 11.0 Å². The third-order valence-corrected chi connectivity index (χ3v) is 7.03. The van der Waals surface area contributed by atoms with E-state index < -0.39 is 28.5 Å². The van der Waals surface area contributed by atoms with Gasteiger partial charge in [-0.1, -0.05) is 43.6 Å². The van der Waals surface area contributed by atoms with Crippen LogP contribution in [-0.2, 0) is 26.2 Å². The summed E-state index contributed by atoms with van der Waals surface area (Å²) in [5.41, 5.74) is 1.83. The second kappa shape index (κ2) is 12.3. The van der Waals surface area contributed by atoms with E-state index in [9.17, 15) is 18.0 Å². The van der Waals surface area contributed by atoms with Crippen LogP contribution >= 0.6 is 11.6 Å². The number of hydrogen-bond acceptors (Lipinski definition) is 5. The molecular weight excluding hydrogens is 490 g/mol. The van der Waals surface area contributed by atoms with Gasteiger partial charge >= 0.3 is 0 Å². The summed E-state index contributed by atoms with van der Waals surface area (Å²) in [5.74, 6) is 0.0674. The van der Waals surface area contributed by atoms with E-state index in [-0.39, 0.29) is 24.1 Å². The lowest BCUT2D eigenvalue weighted by molar-refractivity contribution is -0.139. The predicted molar refractivity (Wildman–Crippen MR) is 139 cm³/mol. The summed E-state index contributed by atoms with van der Waals surface area (Å²) < 4.78 is 31.4. The highest BCUT2D eigenvalue weighted by Gasteiger charge is 2.30. The summed E-state index contributed by atoms with van der Waals surface area (Å²) in [7, 11) is -2.26. The molecule has 0 radical (unpaired) electrons. The van der Waals surface area contributed by atoms with Crippen LogP contribution in [-0.4, -0.2) is 57.6 Å². The molecule has 2 aromatic rings. The van der Waals surface area contributed by atoms with E-state index in [0.29, 0.717) is 17.3 Å². The number of nitrogens with zero attached hydrogens (tertiary/aromatic N) is 2. The van der Waals surface area contributed by atoms with Crippen LogP contribution in [0, 0.1) is 12.8 Å². The molecule has 0 aliphatic heterocycles. The lowest BCUT2D eigenvalue weighted by atomic mass is 10.1. The predicted octanol–water partition coefficient (Wildman–Crippen LogP) is 3.61. The quantitative estimate of drug-likeness (QED) is 0.485. The highest BCUT2D eigenvalue weighted by atomic mass is 35.5. The molecule has 0 heterocycles. The van der Waals surface area contributed by atoms with Crippen molar-refractivity contribution in [3.63, 3.8) is 0 Å². The molecule has 0 saturated carbocycles. The van der Waals surface area contributed by atoms with Gasteiger partial charge in [0, 0.05) is 18.1 Å². The van der Waals surface area contributed by atoms with E-state index in [0.717, 1.165) is 21.7 Å². The minimum absolute atomic E-state index is 0.116. The topological polar surface area (TPSA) is 96.0 Å². The second-order valence-corrected chi connectivity index (χ2v) is 11.2. The van der Waals surface area contributed by atoms with Crippen molar-refractivity contribution in [2.45, 2.75) is 40.3 Å². The molecule has 2 rings (SSSR count). The normalized spacial score (nSPS) is 12.2. The number of ether oxygens (including phenoxy) is 1. The van der Waals surface area contributed by atoms with E-state index in [1.807, 2.05) is 13.8 Å². The maximum absolute atomic E-state index is 13.5. The number of carbonyl (C=O) groups is 2. The number of nitrogens with one attached hydrogen (secondary N) is 1. The second-order valence-electron chi connectivity index (χ2n) is 8.89. The molecule has 0 spiro atoms. The molecule has 10 heteroatoms. The van der Waals surface area contributed by atoms with Crippen LogP contribution in [0.1, 0.15) is 31.9 Å². The molecule has 0 fully saturated rings. The number of anilines is 1. The van der Waals surface area contributed by atoms with Crippen LogP contribution in [0.4, 0.5) is 5.69 Å². The lowest BCUT2D eigenvalue weighted by Crippen LogP contribution is -2.51. The average Bonchev–Trinajstić information content (AvgIpc) is 2.80. The first-order chi connectivity index (χ1) is 16.3. The Hall–Kier alpha value is -2.78. The van der Waals surface area contributed by atoms with Gasteiger partial charge in [-0.2, -0.15) is 0 Å².